The standard InChI is InChI=1S/C11H17NO4/c1-11(2,3)16-10(14)12-8-4-5-9(6-8)15-7-13/h4-5,7-9H,6H2,1-3H3,(H,12,14)/t8-,9-/m0/s1. The van der Waals surface area contributed by atoms with Crippen LogP contribution in [-0.2, 0) is 14.3 Å². The summed E-state index contributed by atoms with van der Waals surface area (Å²) >= 11 is 0. The average Bonchev–Trinajstić information content (AvgIpc) is 2.49. The molecule has 2 atom stereocenters. The van der Waals surface area contributed by atoms with E-state index < -0.39 is 11.7 Å². The minimum Gasteiger partial charge on any atom is -0.460 e. The van der Waals surface area contributed by atoms with Gasteiger partial charge in [0.15, 0.2) is 0 Å². The molecule has 0 aliphatic heterocycles. The van der Waals surface area contributed by atoms with Crippen LogP contribution in [0.15, 0.2) is 12.2 Å². The molecule has 5 heteroatoms. The van der Waals surface area contributed by atoms with Crippen LogP contribution in [0.2, 0.25) is 0 Å². The second-order valence-electron chi connectivity index (χ2n) is 4.64. The lowest BCUT2D eigenvalue weighted by atomic mass is 10.2. The fraction of sp³-hybridized carbons (Fsp3) is 0.636. The van der Waals surface area contributed by atoms with Gasteiger partial charge in [0, 0.05) is 6.42 Å². The summed E-state index contributed by atoms with van der Waals surface area (Å²) in [6, 6.07) is -0.139. The zero-order chi connectivity index (χ0) is 12.2. The van der Waals surface area contributed by atoms with Gasteiger partial charge in [-0.05, 0) is 26.8 Å². The molecule has 5 nitrogen and oxygen atoms in total. The Morgan fingerprint density at radius 3 is 2.69 bits per heavy atom. The highest BCUT2D eigenvalue weighted by Gasteiger charge is 2.23. The summed E-state index contributed by atoms with van der Waals surface area (Å²) in [5, 5.41) is 2.68. The number of hydrogen-bond acceptors (Lipinski definition) is 4. The van der Waals surface area contributed by atoms with E-state index in [1.54, 1.807) is 32.9 Å². The van der Waals surface area contributed by atoms with E-state index in [4.69, 9.17) is 9.47 Å². The summed E-state index contributed by atoms with van der Waals surface area (Å²) in [5.41, 5.74) is -0.509. The summed E-state index contributed by atoms with van der Waals surface area (Å²) in [6.45, 7) is 5.81. The van der Waals surface area contributed by atoms with E-state index in [1.165, 1.54) is 0 Å². The predicted octanol–water partition coefficient (Wildman–Crippen LogP) is 1.38. The molecular weight excluding hydrogens is 210 g/mol. The Hall–Kier alpha value is -1.52. The summed E-state index contributed by atoms with van der Waals surface area (Å²) in [7, 11) is 0. The number of ether oxygens (including phenoxy) is 2. The first kappa shape index (κ1) is 12.5. The van der Waals surface area contributed by atoms with Gasteiger partial charge >= 0.3 is 6.09 Å². The van der Waals surface area contributed by atoms with Crippen LogP contribution in [0.4, 0.5) is 4.79 Å². The normalized spacial score (nSPS) is 23.9. The SMILES string of the molecule is CC(C)(C)OC(=O)N[C@H]1C=C[C@H](OC=O)C1. The minimum atomic E-state index is -0.509. The topological polar surface area (TPSA) is 64.6 Å². The number of carbonyl (C=O) groups is 2. The Balaban J connectivity index is 2.32. The Labute approximate surface area is 94.8 Å². The molecule has 1 aliphatic rings. The fourth-order valence-electron chi connectivity index (χ4n) is 1.40. The second-order valence-corrected chi connectivity index (χ2v) is 4.64. The van der Waals surface area contributed by atoms with E-state index in [0.717, 1.165) is 0 Å². The number of alkyl carbamates (subject to hydrolysis) is 1. The van der Waals surface area contributed by atoms with Crippen LogP contribution in [-0.4, -0.2) is 30.3 Å². The molecule has 1 aliphatic carbocycles. The highest BCUT2D eigenvalue weighted by molar-refractivity contribution is 5.68. The van der Waals surface area contributed by atoms with Crippen LogP contribution in [0.3, 0.4) is 0 Å². The van der Waals surface area contributed by atoms with Crippen LogP contribution in [0.1, 0.15) is 27.2 Å². The molecule has 1 amide bonds. The van der Waals surface area contributed by atoms with Crippen LogP contribution < -0.4 is 5.32 Å². The van der Waals surface area contributed by atoms with Crippen LogP contribution in [0.25, 0.3) is 0 Å². The lowest BCUT2D eigenvalue weighted by molar-refractivity contribution is -0.131. The largest absolute Gasteiger partial charge is 0.460 e. The molecule has 0 unspecified atom stereocenters. The molecule has 90 valence electrons. The van der Waals surface area contributed by atoms with Gasteiger partial charge in [0.25, 0.3) is 6.47 Å². The molecule has 0 saturated heterocycles. The molecule has 0 aromatic heterocycles. The maximum absolute atomic E-state index is 11.4. The number of rotatable bonds is 3. The molecule has 0 spiro atoms. The Morgan fingerprint density at radius 2 is 2.12 bits per heavy atom. The van der Waals surface area contributed by atoms with Crippen molar-refractivity contribution in [2.24, 2.45) is 0 Å². The van der Waals surface area contributed by atoms with Gasteiger partial charge in [-0.3, -0.25) is 4.79 Å². The van der Waals surface area contributed by atoms with Gasteiger partial charge in [-0.15, -0.1) is 0 Å². The van der Waals surface area contributed by atoms with Crippen molar-refractivity contribution < 1.29 is 19.1 Å². The van der Waals surface area contributed by atoms with Gasteiger partial charge in [0.05, 0.1) is 6.04 Å². The van der Waals surface area contributed by atoms with E-state index in [-0.39, 0.29) is 12.1 Å². The maximum atomic E-state index is 11.4. The molecule has 16 heavy (non-hydrogen) atoms. The molecule has 0 aromatic rings. The van der Waals surface area contributed by atoms with Crippen LogP contribution in [0, 0.1) is 0 Å². The third-order valence-electron chi connectivity index (χ3n) is 1.98. The van der Waals surface area contributed by atoms with E-state index in [9.17, 15) is 9.59 Å². The van der Waals surface area contributed by atoms with Gasteiger partial charge in [-0.2, -0.15) is 0 Å². The number of carbonyl (C=O) groups excluding carboxylic acids is 2. The Bertz CT molecular complexity index is 293. The highest BCUT2D eigenvalue weighted by atomic mass is 16.6. The van der Waals surface area contributed by atoms with Crippen molar-refractivity contribution in [3.8, 4) is 0 Å². The predicted molar refractivity (Wildman–Crippen MR) is 57.9 cm³/mol. The van der Waals surface area contributed by atoms with Gasteiger partial charge in [-0.25, -0.2) is 4.79 Å². The quantitative estimate of drug-likeness (QED) is 0.584. The smallest absolute Gasteiger partial charge is 0.408 e. The lowest BCUT2D eigenvalue weighted by Gasteiger charge is -2.21. The number of amides is 1. The second kappa shape index (κ2) is 5.01. The highest BCUT2D eigenvalue weighted by Crippen LogP contribution is 2.14. The minimum absolute atomic E-state index is 0.139. The van der Waals surface area contributed by atoms with Crippen LogP contribution in [0.5, 0.6) is 0 Å². The molecule has 1 N–H and O–H groups in total. The summed E-state index contributed by atoms with van der Waals surface area (Å²) in [5.74, 6) is 0. The Kier molecular flexibility index (Phi) is 3.93. The van der Waals surface area contributed by atoms with Crippen molar-refractivity contribution in [3.63, 3.8) is 0 Å². The Morgan fingerprint density at radius 1 is 1.44 bits per heavy atom. The summed E-state index contributed by atoms with van der Waals surface area (Å²) in [6.07, 6.45) is 3.37. The molecule has 0 radical (unpaired) electrons. The first-order chi connectivity index (χ1) is 7.40. The molecule has 1 rings (SSSR count). The zero-order valence-electron chi connectivity index (χ0n) is 9.73. The van der Waals surface area contributed by atoms with E-state index in [0.29, 0.717) is 12.9 Å². The summed E-state index contributed by atoms with van der Waals surface area (Å²) < 4.78 is 9.86. The number of hydrogen-bond donors (Lipinski definition) is 1. The fourth-order valence-corrected chi connectivity index (χ4v) is 1.40. The van der Waals surface area contributed by atoms with Crippen LogP contribution >= 0.6 is 0 Å². The molecule has 0 aromatic carbocycles. The lowest BCUT2D eigenvalue weighted by Crippen LogP contribution is -2.38. The summed E-state index contributed by atoms with van der Waals surface area (Å²) in [4.78, 5) is 21.5. The van der Waals surface area contributed by atoms with Gasteiger partial charge in [0.1, 0.15) is 11.7 Å². The van der Waals surface area contributed by atoms with Gasteiger partial charge < -0.3 is 14.8 Å². The van der Waals surface area contributed by atoms with E-state index in [1.807, 2.05) is 0 Å². The molecule has 0 saturated carbocycles. The van der Waals surface area contributed by atoms with Crippen molar-refractivity contribution >= 4 is 12.6 Å². The molecule has 0 fully saturated rings. The van der Waals surface area contributed by atoms with Crippen molar-refractivity contribution in [2.75, 3.05) is 0 Å². The number of nitrogens with one attached hydrogen (secondary N) is 1. The maximum Gasteiger partial charge on any atom is 0.408 e. The monoisotopic (exact) mass is 227 g/mol. The van der Waals surface area contributed by atoms with E-state index in [2.05, 4.69) is 5.32 Å². The van der Waals surface area contributed by atoms with Gasteiger partial charge in [-0.1, -0.05) is 6.08 Å². The van der Waals surface area contributed by atoms with Crippen molar-refractivity contribution in [1.29, 1.82) is 0 Å². The van der Waals surface area contributed by atoms with E-state index >= 15 is 0 Å². The zero-order valence-corrected chi connectivity index (χ0v) is 9.73. The first-order valence-corrected chi connectivity index (χ1v) is 5.17. The molecular formula is C11H17NO4. The van der Waals surface area contributed by atoms with Crippen molar-refractivity contribution in [1.82, 2.24) is 5.32 Å². The third-order valence-corrected chi connectivity index (χ3v) is 1.98. The average molecular weight is 227 g/mol. The van der Waals surface area contributed by atoms with Crippen molar-refractivity contribution in [2.45, 2.75) is 44.9 Å². The van der Waals surface area contributed by atoms with Gasteiger partial charge in [0.2, 0.25) is 0 Å². The van der Waals surface area contributed by atoms with Crippen molar-refractivity contribution in [3.05, 3.63) is 12.2 Å². The first-order valence-electron chi connectivity index (χ1n) is 5.17. The molecule has 0 heterocycles. The molecule has 0 bridgehead atoms. The third kappa shape index (κ3) is 4.33.